The zero-order valence-corrected chi connectivity index (χ0v) is 16.2. The highest BCUT2D eigenvalue weighted by Gasteiger charge is 2.31. The standard InChI is InChI=1S/C17H24N4O5S/c1-12-9-13(3-4-15(12)18-27(24)25)16(22)20-5-7-21(8-6-20)17(23)26-14-10-19(2)11-14/h3-4,9,14,18H,5-8,10-11H2,1-2H3,(H,24,25)/p-1. The number of ether oxygens (including phenoxy) is 1. The van der Waals surface area contributed by atoms with Crippen molar-refractivity contribution in [2.75, 3.05) is 51.0 Å². The van der Waals surface area contributed by atoms with Crippen molar-refractivity contribution in [3.05, 3.63) is 29.3 Å². The predicted molar refractivity (Wildman–Crippen MR) is 99.0 cm³/mol. The van der Waals surface area contributed by atoms with Crippen LogP contribution in [0, 0.1) is 6.92 Å². The smallest absolute Gasteiger partial charge is 0.410 e. The van der Waals surface area contributed by atoms with Crippen molar-refractivity contribution < 1.29 is 23.1 Å². The molecule has 148 valence electrons. The van der Waals surface area contributed by atoms with E-state index in [0.29, 0.717) is 43.0 Å². The van der Waals surface area contributed by atoms with Gasteiger partial charge in [-0.3, -0.25) is 13.9 Å². The van der Waals surface area contributed by atoms with Gasteiger partial charge >= 0.3 is 6.09 Å². The monoisotopic (exact) mass is 395 g/mol. The van der Waals surface area contributed by atoms with Crippen molar-refractivity contribution in [2.24, 2.45) is 0 Å². The number of likely N-dealkylation sites (N-methyl/N-ethyl adjacent to an activating group) is 1. The van der Waals surface area contributed by atoms with Crippen LogP contribution in [0.15, 0.2) is 18.2 Å². The second-order valence-corrected chi connectivity index (χ2v) is 7.55. The number of carbonyl (C=O) groups excluding carboxylic acids is 2. The van der Waals surface area contributed by atoms with Gasteiger partial charge in [0.1, 0.15) is 6.10 Å². The number of benzene rings is 1. The summed E-state index contributed by atoms with van der Waals surface area (Å²) < 4.78 is 29.2. The number of hydrogen-bond acceptors (Lipinski definition) is 6. The molecule has 2 heterocycles. The number of hydrogen-bond donors (Lipinski definition) is 1. The molecule has 9 nitrogen and oxygen atoms in total. The molecule has 1 aromatic carbocycles. The Labute approximate surface area is 160 Å². The van der Waals surface area contributed by atoms with E-state index in [2.05, 4.69) is 9.62 Å². The molecule has 1 unspecified atom stereocenters. The topological polar surface area (TPSA) is 105 Å². The first-order chi connectivity index (χ1) is 12.8. The zero-order valence-electron chi connectivity index (χ0n) is 15.3. The Kier molecular flexibility index (Phi) is 5.98. The van der Waals surface area contributed by atoms with Gasteiger partial charge in [-0.1, -0.05) is 0 Å². The van der Waals surface area contributed by atoms with Crippen LogP contribution in [0.2, 0.25) is 0 Å². The Hall–Kier alpha value is -2.17. The maximum absolute atomic E-state index is 12.7. The SMILES string of the molecule is Cc1cc(C(=O)N2CCN(C(=O)OC3CN(C)C3)CC2)ccc1NS(=O)[O-]. The van der Waals surface area contributed by atoms with Crippen molar-refractivity contribution in [1.29, 1.82) is 0 Å². The molecule has 0 spiro atoms. The van der Waals surface area contributed by atoms with E-state index in [1.165, 1.54) is 0 Å². The first kappa shape index (κ1) is 19.6. The van der Waals surface area contributed by atoms with E-state index in [4.69, 9.17) is 4.74 Å². The molecule has 3 rings (SSSR count). The number of aryl methyl sites for hydroxylation is 1. The normalized spacial score (nSPS) is 19.4. The number of nitrogens with one attached hydrogen (secondary N) is 1. The van der Waals surface area contributed by atoms with Gasteiger partial charge in [0.2, 0.25) is 0 Å². The van der Waals surface area contributed by atoms with Gasteiger partial charge in [0.15, 0.2) is 0 Å². The second kappa shape index (κ2) is 8.24. The Morgan fingerprint density at radius 2 is 1.81 bits per heavy atom. The second-order valence-electron chi connectivity index (χ2n) is 6.87. The summed E-state index contributed by atoms with van der Waals surface area (Å²) >= 11 is -2.41. The fourth-order valence-electron chi connectivity index (χ4n) is 3.21. The maximum atomic E-state index is 12.7. The van der Waals surface area contributed by atoms with Crippen LogP contribution in [0.25, 0.3) is 0 Å². The molecule has 27 heavy (non-hydrogen) atoms. The molecular weight excluding hydrogens is 372 g/mol. The summed E-state index contributed by atoms with van der Waals surface area (Å²) in [5.74, 6) is -0.137. The third kappa shape index (κ3) is 4.76. The van der Waals surface area contributed by atoms with Crippen LogP contribution in [0.3, 0.4) is 0 Å². The maximum Gasteiger partial charge on any atom is 0.410 e. The third-order valence-electron chi connectivity index (χ3n) is 4.79. The highest BCUT2D eigenvalue weighted by Crippen LogP contribution is 2.19. The van der Waals surface area contributed by atoms with E-state index in [1.54, 1.807) is 34.9 Å². The quantitative estimate of drug-likeness (QED) is 0.741. The molecule has 2 amide bonds. The lowest BCUT2D eigenvalue weighted by Crippen LogP contribution is -2.55. The van der Waals surface area contributed by atoms with Crippen LogP contribution < -0.4 is 4.72 Å². The van der Waals surface area contributed by atoms with Crippen LogP contribution in [-0.4, -0.2) is 87.9 Å². The van der Waals surface area contributed by atoms with Gasteiger partial charge in [0.25, 0.3) is 5.91 Å². The molecule has 0 radical (unpaired) electrons. The van der Waals surface area contributed by atoms with Gasteiger partial charge in [-0.15, -0.1) is 0 Å². The van der Waals surface area contributed by atoms with E-state index in [-0.39, 0.29) is 18.1 Å². The summed E-state index contributed by atoms with van der Waals surface area (Å²) in [5, 5.41) is 0. The highest BCUT2D eigenvalue weighted by molar-refractivity contribution is 7.80. The van der Waals surface area contributed by atoms with Gasteiger partial charge in [0, 0.05) is 61.8 Å². The molecule has 0 aliphatic carbocycles. The van der Waals surface area contributed by atoms with Gasteiger partial charge < -0.3 is 23.8 Å². The van der Waals surface area contributed by atoms with Crippen LogP contribution in [0.5, 0.6) is 0 Å². The van der Waals surface area contributed by atoms with E-state index >= 15 is 0 Å². The van der Waals surface area contributed by atoms with Crippen LogP contribution in [0.4, 0.5) is 10.5 Å². The highest BCUT2D eigenvalue weighted by atomic mass is 32.2. The summed E-state index contributed by atoms with van der Waals surface area (Å²) in [6.45, 7) is 4.98. The van der Waals surface area contributed by atoms with Crippen molar-refractivity contribution in [3.63, 3.8) is 0 Å². The summed E-state index contributed by atoms with van der Waals surface area (Å²) in [6.07, 6.45) is -0.363. The minimum atomic E-state index is -2.41. The lowest BCUT2D eigenvalue weighted by Gasteiger charge is -2.38. The number of likely N-dealkylation sites (tertiary alicyclic amines) is 1. The molecule has 0 bridgehead atoms. The minimum Gasteiger partial charge on any atom is -0.755 e. The molecular formula is C17H23N4O5S-. The molecule has 2 fully saturated rings. The lowest BCUT2D eigenvalue weighted by atomic mass is 10.1. The van der Waals surface area contributed by atoms with Crippen molar-refractivity contribution in [3.8, 4) is 0 Å². The minimum absolute atomic E-state index is 0.0410. The Balaban J connectivity index is 1.53. The van der Waals surface area contributed by atoms with E-state index in [1.807, 2.05) is 7.05 Å². The lowest BCUT2D eigenvalue weighted by molar-refractivity contribution is -0.0195. The average Bonchev–Trinajstić information content (AvgIpc) is 2.61. The van der Waals surface area contributed by atoms with E-state index in [9.17, 15) is 18.4 Å². The van der Waals surface area contributed by atoms with Crippen molar-refractivity contribution >= 4 is 29.0 Å². The fourth-order valence-corrected chi connectivity index (χ4v) is 3.62. The van der Waals surface area contributed by atoms with Crippen LogP contribution in [-0.2, 0) is 16.0 Å². The molecule has 1 atom stereocenters. The Bertz CT molecular complexity index is 745. The van der Waals surface area contributed by atoms with Crippen LogP contribution >= 0.6 is 0 Å². The van der Waals surface area contributed by atoms with Crippen molar-refractivity contribution in [1.82, 2.24) is 14.7 Å². The molecule has 1 N–H and O–H groups in total. The summed E-state index contributed by atoms with van der Waals surface area (Å²) in [7, 11) is 1.97. The van der Waals surface area contributed by atoms with E-state index < -0.39 is 11.3 Å². The van der Waals surface area contributed by atoms with Gasteiger partial charge in [0.05, 0.1) is 0 Å². The predicted octanol–water partition coefficient (Wildman–Crippen LogP) is 0.409. The summed E-state index contributed by atoms with van der Waals surface area (Å²) in [6, 6.07) is 4.82. The first-order valence-electron chi connectivity index (χ1n) is 8.73. The van der Waals surface area contributed by atoms with Crippen molar-refractivity contribution in [2.45, 2.75) is 13.0 Å². The first-order valence-corrected chi connectivity index (χ1v) is 9.81. The average molecular weight is 395 g/mol. The molecule has 1 aromatic rings. The van der Waals surface area contributed by atoms with E-state index in [0.717, 1.165) is 13.1 Å². The van der Waals surface area contributed by atoms with Gasteiger partial charge in [-0.05, 0) is 37.7 Å². The number of anilines is 1. The zero-order chi connectivity index (χ0) is 19.6. The molecule has 0 saturated carbocycles. The number of rotatable bonds is 4. The summed E-state index contributed by atoms with van der Waals surface area (Å²) in [4.78, 5) is 30.2. The number of piperazine rings is 1. The van der Waals surface area contributed by atoms with Crippen LogP contribution in [0.1, 0.15) is 15.9 Å². The van der Waals surface area contributed by atoms with Gasteiger partial charge in [-0.2, -0.15) is 0 Å². The number of amides is 2. The summed E-state index contributed by atoms with van der Waals surface area (Å²) in [5.41, 5.74) is 1.59. The molecule has 2 aliphatic rings. The van der Waals surface area contributed by atoms with Gasteiger partial charge in [-0.25, -0.2) is 4.79 Å². The number of nitrogens with zero attached hydrogens (tertiary/aromatic N) is 3. The molecule has 2 aliphatic heterocycles. The Morgan fingerprint density at radius 1 is 1.19 bits per heavy atom. The Morgan fingerprint density at radius 3 is 2.37 bits per heavy atom. The fraction of sp³-hybridized carbons (Fsp3) is 0.529. The molecule has 10 heteroatoms. The molecule has 0 aromatic heterocycles. The number of carbonyl (C=O) groups is 2. The largest absolute Gasteiger partial charge is 0.755 e. The third-order valence-corrected chi connectivity index (χ3v) is 5.18. The molecule has 2 saturated heterocycles.